The predicted molar refractivity (Wildman–Crippen MR) is 85.8 cm³/mol. The minimum atomic E-state index is 0.737. The molecule has 20 heavy (non-hydrogen) atoms. The maximum Gasteiger partial charge on any atom is 0.0951 e. The molecule has 1 aliphatic carbocycles. The third-order valence-electron chi connectivity index (χ3n) is 3.95. The first-order chi connectivity index (χ1) is 9.84. The Labute approximate surface area is 119 Å². The Balaban J connectivity index is 1.71. The summed E-state index contributed by atoms with van der Waals surface area (Å²) in [5.74, 6) is 0. The number of benzene rings is 1. The number of nitrogen functional groups attached to an aromatic ring is 1. The third-order valence-corrected chi connectivity index (χ3v) is 3.95. The van der Waals surface area contributed by atoms with E-state index in [9.17, 15) is 0 Å². The summed E-state index contributed by atoms with van der Waals surface area (Å²) < 4.78 is 0. The number of aromatic nitrogens is 1. The number of allylic oxidation sites excluding steroid dienone is 1. The van der Waals surface area contributed by atoms with Crippen molar-refractivity contribution in [3.8, 4) is 0 Å². The number of hydrogen-bond donors (Lipinski definition) is 2. The highest BCUT2D eigenvalue weighted by Crippen LogP contribution is 2.27. The highest BCUT2D eigenvalue weighted by atomic mass is 14.9. The Morgan fingerprint density at radius 2 is 2.15 bits per heavy atom. The largest absolute Gasteiger partial charge is 0.397 e. The van der Waals surface area contributed by atoms with Crippen molar-refractivity contribution in [2.24, 2.45) is 0 Å². The quantitative estimate of drug-likeness (QED) is 0.647. The molecule has 104 valence electrons. The highest BCUT2D eigenvalue weighted by molar-refractivity contribution is 5.98. The van der Waals surface area contributed by atoms with Gasteiger partial charge in [-0.05, 0) is 56.4 Å². The van der Waals surface area contributed by atoms with Gasteiger partial charge in [0, 0.05) is 23.8 Å². The Morgan fingerprint density at radius 1 is 1.20 bits per heavy atom. The maximum atomic E-state index is 5.97. The van der Waals surface area contributed by atoms with Gasteiger partial charge in [0.05, 0.1) is 11.2 Å². The lowest BCUT2D eigenvalue weighted by molar-refractivity contribution is 0.679. The summed E-state index contributed by atoms with van der Waals surface area (Å²) in [7, 11) is 0. The van der Waals surface area contributed by atoms with Gasteiger partial charge >= 0.3 is 0 Å². The predicted octanol–water partition coefficient (Wildman–Crippen LogP) is 4.12. The standard InChI is InChI=1S/C17H21N3/c18-15-8-9-16(14-7-4-11-20-17(14)15)19-12-10-13-5-2-1-3-6-13/h4-5,7-9,11,19H,1-3,6,10,12,18H2. The second-order valence-electron chi connectivity index (χ2n) is 5.39. The van der Waals surface area contributed by atoms with E-state index in [1.807, 2.05) is 12.1 Å². The molecule has 1 heterocycles. The van der Waals surface area contributed by atoms with Crippen LogP contribution in [0.5, 0.6) is 0 Å². The molecular formula is C17H21N3. The fraction of sp³-hybridized carbons (Fsp3) is 0.353. The Hall–Kier alpha value is -2.03. The molecular weight excluding hydrogens is 246 g/mol. The van der Waals surface area contributed by atoms with Gasteiger partial charge in [-0.3, -0.25) is 4.98 Å². The number of nitrogens with one attached hydrogen (secondary N) is 1. The molecule has 0 atom stereocenters. The second-order valence-corrected chi connectivity index (χ2v) is 5.39. The van der Waals surface area contributed by atoms with E-state index in [-0.39, 0.29) is 0 Å². The van der Waals surface area contributed by atoms with Crippen LogP contribution in [-0.4, -0.2) is 11.5 Å². The van der Waals surface area contributed by atoms with Crippen LogP contribution < -0.4 is 11.1 Å². The van der Waals surface area contributed by atoms with Crippen molar-refractivity contribution in [2.45, 2.75) is 32.1 Å². The molecule has 2 aromatic rings. The minimum absolute atomic E-state index is 0.737. The van der Waals surface area contributed by atoms with Crippen LogP contribution in [0.3, 0.4) is 0 Å². The van der Waals surface area contributed by atoms with Gasteiger partial charge in [-0.25, -0.2) is 0 Å². The van der Waals surface area contributed by atoms with Gasteiger partial charge in [-0.15, -0.1) is 0 Å². The lowest BCUT2D eigenvalue weighted by Gasteiger charge is -2.14. The average molecular weight is 267 g/mol. The molecule has 0 amide bonds. The molecule has 0 saturated heterocycles. The number of nitrogens with two attached hydrogens (primary N) is 1. The van der Waals surface area contributed by atoms with Gasteiger partial charge in [0.25, 0.3) is 0 Å². The van der Waals surface area contributed by atoms with E-state index in [1.165, 1.54) is 25.7 Å². The summed E-state index contributed by atoms with van der Waals surface area (Å²) in [4.78, 5) is 4.36. The van der Waals surface area contributed by atoms with E-state index in [4.69, 9.17) is 5.73 Å². The summed E-state index contributed by atoms with van der Waals surface area (Å²) in [6, 6.07) is 8.00. The smallest absolute Gasteiger partial charge is 0.0951 e. The Morgan fingerprint density at radius 3 is 3.00 bits per heavy atom. The molecule has 3 N–H and O–H groups in total. The van der Waals surface area contributed by atoms with Crippen LogP contribution in [0.4, 0.5) is 11.4 Å². The van der Waals surface area contributed by atoms with Crippen molar-refractivity contribution in [2.75, 3.05) is 17.6 Å². The molecule has 0 aliphatic heterocycles. The van der Waals surface area contributed by atoms with Gasteiger partial charge in [-0.2, -0.15) is 0 Å². The van der Waals surface area contributed by atoms with Crippen LogP contribution >= 0.6 is 0 Å². The summed E-state index contributed by atoms with van der Waals surface area (Å²) >= 11 is 0. The molecule has 0 radical (unpaired) electrons. The first kappa shape index (κ1) is 13.0. The van der Waals surface area contributed by atoms with Crippen molar-refractivity contribution in [3.63, 3.8) is 0 Å². The molecule has 1 aromatic carbocycles. The summed E-state index contributed by atoms with van der Waals surface area (Å²) in [5.41, 5.74) is 10.3. The number of anilines is 2. The second kappa shape index (κ2) is 5.95. The van der Waals surface area contributed by atoms with E-state index < -0.39 is 0 Å². The van der Waals surface area contributed by atoms with E-state index >= 15 is 0 Å². The van der Waals surface area contributed by atoms with Crippen LogP contribution in [0.25, 0.3) is 10.9 Å². The molecule has 3 heteroatoms. The number of fused-ring (bicyclic) bond motifs is 1. The topological polar surface area (TPSA) is 50.9 Å². The summed E-state index contributed by atoms with van der Waals surface area (Å²) in [6.07, 6.45) is 10.6. The van der Waals surface area contributed by atoms with Gasteiger partial charge in [-0.1, -0.05) is 11.6 Å². The van der Waals surface area contributed by atoms with Crippen molar-refractivity contribution in [1.29, 1.82) is 0 Å². The molecule has 0 spiro atoms. The fourth-order valence-corrected chi connectivity index (χ4v) is 2.84. The Kier molecular flexibility index (Phi) is 3.86. The molecule has 0 unspecified atom stereocenters. The van der Waals surface area contributed by atoms with E-state index in [1.54, 1.807) is 11.8 Å². The van der Waals surface area contributed by atoms with Crippen LogP contribution in [-0.2, 0) is 0 Å². The summed E-state index contributed by atoms with van der Waals surface area (Å²) in [6.45, 7) is 0.972. The Bertz CT molecular complexity index is 631. The zero-order valence-corrected chi connectivity index (χ0v) is 11.7. The van der Waals surface area contributed by atoms with Crippen molar-refractivity contribution < 1.29 is 0 Å². The fourth-order valence-electron chi connectivity index (χ4n) is 2.84. The van der Waals surface area contributed by atoms with Gasteiger partial charge in [0.15, 0.2) is 0 Å². The van der Waals surface area contributed by atoms with Gasteiger partial charge < -0.3 is 11.1 Å². The van der Waals surface area contributed by atoms with Gasteiger partial charge in [0.1, 0.15) is 0 Å². The molecule has 0 bridgehead atoms. The lowest BCUT2D eigenvalue weighted by Crippen LogP contribution is -2.05. The van der Waals surface area contributed by atoms with Crippen molar-refractivity contribution in [3.05, 3.63) is 42.1 Å². The monoisotopic (exact) mass is 267 g/mol. The van der Waals surface area contributed by atoms with Gasteiger partial charge in [0.2, 0.25) is 0 Å². The van der Waals surface area contributed by atoms with Crippen LogP contribution in [0.15, 0.2) is 42.1 Å². The molecule has 3 nitrogen and oxygen atoms in total. The van der Waals surface area contributed by atoms with Crippen LogP contribution in [0.2, 0.25) is 0 Å². The maximum absolute atomic E-state index is 5.97. The SMILES string of the molecule is Nc1ccc(NCCC2=CCCCC2)c2cccnc12. The minimum Gasteiger partial charge on any atom is -0.397 e. The number of pyridine rings is 1. The van der Waals surface area contributed by atoms with Crippen LogP contribution in [0, 0.1) is 0 Å². The molecule has 3 rings (SSSR count). The average Bonchev–Trinajstić information content (AvgIpc) is 2.51. The zero-order valence-electron chi connectivity index (χ0n) is 11.7. The first-order valence-corrected chi connectivity index (χ1v) is 7.39. The number of rotatable bonds is 4. The molecule has 0 saturated carbocycles. The van der Waals surface area contributed by atoms with Crippen molar-refractivity contribution >= 4 is 22.3 Å². The number of nitrogens with zero attached hydrogens (tertiary/aromatic N) is 1. The highest BCUT2D eigenvalue weighted by Gasteiger charge is 2.06. The molecule has 0 fully saturated rings. The molecule has 1 aromatic heterocycles. The van der Waals surface area contributed by atoms with E-state index in [0.717, 1.165) is 35.2 Å². The van der Waals surface area contributed by atoms with E-state index in [2.05, 4.69) is 28.5 Å². The lowest BCUT2D eigenvalue weighted by atomic mass is 9.97. The van der Waals surface area contributed by atoms with E-state index in [0.29, 0.717) is 0 Å². The number of hydrogen-bond acceptors (Lipinski definition) is 3. The van der Waals surface area contributed by atoms with Crippen LogP contribution in [0.1, 0.15) is 32.1 Å². The summed E-state index contributed by atoms with van der Waals surface area (Å²) in [5, 5.41) is 4.63. The normalized spacial score (nSPS) is 15.1. The zero-order chi connectivity index (χ0) is 13.8. The molecule has 1 aliphatic rings. The first-order valence-electron chi connectivity index (χ1n) is 7.39. The van der Waals surface area contributed by atoms with Crippen molar-refractivity contribution in [1.82, 2.24) is 4.98 Å². The third kappa shape index (κ3) is 2.77.